The minimum atomic E-state index is -3.06. The molecule has 3 heteroatoms. The van der Waals surface area contributed by atoms with Crippen LogP contribution in [0.1, 0.15) is 18.1 Å². The highest BCUT2D eigenvalue weighted by atomic mass is 32.2. The van der Waals surface area contributed by atoms with Gasteiger partial charge in [-0.25, -0.2) is 8.42 Å². The van der Waals surface area contributed by atoms with Gasteiger partial charge in [-0.3, -0.25) is 0 Å². The highest BCUT2D eigenvalue weighted by molar-refractivity contribution is 7.90. The van der Waals surface area contributed by atoms with Gasteiger partial charge in [-0.05, 0) is 30.5 Å². The second kappa shape index (κ2) is 3.50. The van der Waals surface area contributed by atoms with Gasteiger partial charge in [0.25, 0.3) is 0 Å². The average molecular weight is 198 g/mol. The first kappa shape index (κ1) is 10.3. The molecule has 13 heavy (non-hydrogen) atoms. The maximum Gasteiger partial charge on any atom is 0.175 e. The molecule has 0 amide bonds. The van der Waals surface area contributed by atoms with E-state index in [1.54, 1.807) is 6.07 Å². The molecule has 0 spiro atoms. The molecule has 1 aromatic rings. The van der Waals surface area contributed by atoms with Crippen molar-refractivity contribution in [3.8, 4) is 0 Å². The zero-order valence-corrected chi connectivity index (χ0v) is 8.98. The summed E-state index contributed by atoms with van der Waals surface area (Å²) < 4.78 is 22.5. The van der Waals surface area contributed by atoms with Gasteiger partial charge < -0.3 is 0 Å². The molecule has 0 saturated carbocycles. The summed E-state index contributed by atoms with van der Waals surface area (Å²) in [5.74, 6) is 0. The number of sulfone groups is 1. The van der Waals surface area contributed by atoms with E-state index < -0.39 is 9.84 Å². The summed E-state index contributed by atoms with van der Waals surface area (Å²) in [6.07, 6.45) is 2.17. The van der Waals surface area contributed by atoms with E-state index in [1.165, 1.54) is 11.8 Å². The van der Waals surface area contributed by atoms with Crippen LogP contribution in [-0.4, -0.2) is 14.7 Å². The Morgan fingerprint density at radius 3 is 2.31 bits per heavy atom. The summed E-state index contributed by atoms with van der Waals surface area (Å²) in [5.41, 5.74) is 2.01. The molecule has 1 rings (SSSR count). The molecular formula is C10H14O2S. The molecule has 0 bridgehead atoms. The highest BCUT2D eigenvalue weighted by Gasteiger charge is 2.09. The number of hydrogen-bond donors (Lipinski definition) is 0. The third-order valence-corrected chi connectivity index (χ3v) is 3.30. The summed E-state index contributed by atoms with van der Waals surface area (Å²) >= 11 is 0. The van der Waals surface area contributed by atoms with Gasteiger partial charge in [-0.15, -0.1) is 0 Å². The monoisotopic (exact) mass is 198 g/mol. The second-order valence-corrected chi connectivity index (χ2v) is 5.21. The predicted octanol–water partition coefficient (Wildman–Crippen LogP) is 1.96. The normalized spacial score (nSPS) is 11.6. The van der Waals surface area contributed by atoms with Crippen LogP contribution in [-0.2, 0) is 16.3 Å². The van der Waals surface area contributed by atoms with E-state index in [0.717, 1.165) is 12.0 Å². The molecule has 0 heterocycles. The first-order valence-corrected chi connectivity index (χ1v) is 6.14. The van der Waals surface area contributed by atoms with Gasteiger partial charge in [0.05, 0.1) is 4.90 Å². The fourth-order valence-corrected chi connectivity index (χ4v) is 2.31. The van der Waals surface area contributed by atoms with Crippen LogP contribution in [0.25, 0.3) is 0 Å². The summed E-state index contributed by atoms with van der Waals surface area (Å²) in [6, 6.07) is 5.48. The number of rotatable bonds is 2. The molecule has 0 radical (unpaired) electrons. The molecule has 0 atom stereocenters. The Bertz CT molecular complexity index is 405. The van der Waals surface area contributed by atoms with Crippen molar-refractivity contribution in [2.24, 2.45) is 0 Å². The van der Waals surface area contributed by atoms with Crippen LogP contribution in [0.3, 0.4) is 0 Å². The smallest absolute Gasteiger partial charge is 0.175 e. The second-order valence-electron chi connectivity index (χ2n) is 3.23. The predicted molar refractivity (Wildman–Crippen MR) is 53.7 cm³/mol. The van der Waals surface area contributed by atoms with Crippen LogP contribution >= 0.6 is 0 Å². The lowest BCUT2D eigenvalue weighted by atomic mass is 10.1. The lowest BCUT2D eigenvalue weighted by molar-refractivity contribution is 0.601. The molecule has 0 aromatic heterocycles. The van der Waals surface area contributed by atoms with E-state index in [9.17, 15) is 8.42 Å². The van der Waals surface area contributed by atoms with Crippen molar-refractivity contribution in [1.29, 1.82) is 0 Å². The van der Waals surface area contributed by atoms with Crippen LogP contribution in [0.5, 0.6) is 0 Å². The van der Waals surface area contributed by atoms with Gasteiger partial charge in [0, 0.05) is 6.26 Å². The minimum absolute atomic E-state index is 0.435. The largest absolute Gasteiger partial charge is 0.224 e. The number of benzene rings is 1. The molecule has 0 saturated heterocycles. The zero-order chi connectivity index (χ0) is 10.1. The Balaban J connectivity index is 3.29. The highest BCUT2D eigenvalue weighted by Crippen LogP contribution is 2.16. The standard InChI is InChI=1S/C10H14O2S/c1-4-9-5-6-10(8(2)7-9)13(3,11)12/h5-7H,4H2,1-3H3. The Morgan fingerprint density at radius 1 is 1.31 bits per heavy atom. The van der Waals surface area contributed by atoms with Gasteiger partial charge in [0.15, 0.2) is 9.84 Å². The van der Waals surface area contributed by atoms with Crippen LogP contribution in [0, 0.1) is 6.92 Å². The Labute approximate surface area is 79.5 Å². The molecule has 72 valence electrons. The maximum atomic E-state index is 11.3. The first-order valence-electron chi connectivity index (χ1n) is 4.24. The van der Waals surface area contributed by atoms with Crippen molar-refractivity contribution in [3.63, 3.8) is 0 Å². The molecule has 1 aromatic carbocycles. The van der Waals surface area contributed by atoms with Gasteiger partial charge in [-0.2, -0.15) is 0 Å². The Hall–Kier alpha value is -0.830. The van der Waals surface area contributed by atoms with Crippen LogP contribution in [0.2, 0.25) is 0 Å². The van der Waals surface area contributed by atoms with Crippen molar-refractivity contribution < 1.29 is 8.42 Å². The van der Waals surface area contributed by atoms with Gasteiger partial charge in [0.1, 0.15) is 0 Å². The fraction of sp³-hybridized carbons (Fsp3) is 0.400. The molecule has 2 nitrogen and oxygen atoms in total. The molecule has 0 N–H and O–H groups in total. The summed E-state index contributed by atoms with van der Waals surface area (Å²) in [7, 11) is -3.06. The van der Waals surface area contributed by atoms with Gasteiger partial charge in [0.2, 0.25) is 0 Å². The van der Waals surface area contributed by atoms with Crippen LogP contribution < -0.4 is 0 Å². The van der Waals surface area contributed by atoms with Crippen molar-refractivity contribution in [2.75, 3.05) is 6.26 Å². The summed E-state index contributed by atoms with van der Waals surface area (Å²) in [5, 5.41) is 0. The van der Waals surface area contributed by atoms with Gasteiger partial charge in [-0.1, -0.05) is 19.1 Å². The third-order valence-electron chi connectivity index (χ3n) is 2.05. The van der Waals surface area contributed by atoms with Crippen molar-refractivity contribution >= 4 is 9.84 Å². The van der Waals surface area contributed by atoms with E-state index in [4.69, 9.17) is 0 Å². The van der Waals surface area contributed by atoms with E-state index in [-0.39, 0.29) is 0 Å². The summed E-state index contributed by atoms with van der Waals surface area (Å²) in [4.78, 5) is 0.435. The number of hydrogen-bond acceptors (Lipinski definition) is 2. The molecular weight excluding hydrogens is 184 g/mol. The van der Waals surface area contributed by atoms with E-state index in [2.05, 4.69) is 6.92 Å². The Morgan fingerprint density at radius 2 is 1.92 bits per heavy atom. The quantitative estimate of drug-likeness (QED) is 0.728. The first-order chi connectivity index (χ1) is 5.95. The van der Waals surface area contributed by atoms with E-state index in [1.807, 2.05) is 19.1 Å². The average Bonchev–Trinajstić information content (AvgIpc) is 2.01. The van der Waals surface area contributed by atoms with Crippen LogP contribution in [0.4, 0.5) is 0 Å². The van der Waals surface area contributed by atoms with Crippen molar-refractivity contribution in [1.82, 2.24) is 0 Å². The third kappa shape index (κ3) is 2.31. The molecule has 0 fully saturated rings. The minimum Gasteiger partial charge on any atom is -0.224 e. The van der Waals surface area contributed by atoms with E-state index in [0.29, 0.717) is 4.90 Å². The molecule has 0 unspecified atom stereocenters. The van der Waals surface area contributed by atoms with Crippen LogP contribution in [0.15, 0.2) is 23.1 Å². The summed E-state index contributed by atoms with van der Waals surface area (Å²) in [6.45, 7) is 3.88. The number of aryl methyl sites for hydroxylation is 2. The lowest BCUT2D eigenvalue weighted by Crippen LogP contribution is -2.00. The van der Waals surface area contributed by atoms with Gasteiger partial charge >= 0.3 is 0 Å². The SMILES string of the molecule is CCc1ccc(S(C)(=O)=O)c(C)c1. The molecule has 0 aliphatic carbocycles. The molecule has 0 aliphatic rings. The fourth-order valence-electron chi connectivity index (χ4n) is 1.35. The maximum absolute atomic E-state index is 11.3. The van der Waals surface area contributed by atoms with Crippen molar-refractivity contribution in [2.45, 2.75) is 25.2 Å². The molecule has 0 aliphatic heterocycles. The topological polar surface area (TPSA) is 34.1 Å². The lowest BCUT2D eigenvalue weighted by Gasteiger charge is -2.04. The van der Waals surface area contributed by atoms with E-state index >= 15 is 0 Å². The zero-order valence-electron chi connectivity index (χ0n) is 8.16. The van der Waals surface area contributed by atoms with Crippen molar-refractivity contribution in [3.05, 3.63) is 29.3 Å². The Kier molecular flexibility index (Phi) is 2.76.